The number of hydrogen-bond donors (Lipinski definition) is 1. The number of allylic oxidation sites excluding steroid dienone is 4. The minimum Gasteiger partial charge on any atom is -0.376 e. The first-order valence-corrected chi connectivity index (χ1v) is 14.4. The highest BCUT2D eigenvalue weighted by Crippen LogP contribution is 2.39. The van der Waals surface area contributed by atoms with Crippen LogP contribution in [0.2, 0.25) is 0 Å². The molecule has 4 rings (SSSR count). The summed E-state index contributed by atoms with van der Waals surface area (Å²) in [5, 5.41) is 10.1. The number of anilines is 1. The molecule has 2 aromatic carbocycles. The average molecular weight is 580 g/mol. The highest BCUT2D eigenvalue weighted by molar-refractivity contribution is 7.96. The Morgan fingerprint density at radius 2 is 1.74 bits per heavy atom. The molecule has 0 aromatic heterocycles. The summed E-state index contributed by atoms with van der Waals surface area (Å²) in [5.41, 5.74) is -1.48. The fourth-order valence-electron chi connectivity index (χ4n) is 4.89. The first-order valence-electron chi connectivity index (χ1n) is 12.6. The molecule has 0 radical (unpaired) electrons. The van der Waals surface area contributed by atoms with Crippen LogP contribution in [-0.2, 0) is 22.2 Å². The molecule has 210 valence electrons. The predicted molar refractivity (Wildman–Crippen MR) is 151 cm³/mol. The number of hydrogen-bond acceptors (Lipinski definition) is 6. The van der Waals surface area contributed by atoms with Crippen LogP contribution in [-0.4, -0.2) is 73.0 Å². The van der Waals surface area contributed by atoms with Crippen molar-refractivity contribution in [1.29, 1.82) is 0 Å². The molecule has 11 heteroatoms. The van der Waals surface area contributed by atoms with Crippen molar-refractivity contribution in [2.45, 2.75) is 37.7 Å². The summed E-state index contributed by atoms with van der Waals surface area (Å²) in [4.78, 5) is 4.64. The molecule has 1 aliphatic carbocycles. The van der Waals surface area contributed by atoms with Gasteiger partial charge in [0.1, 0.15) is 0 Å². The van der Waals surface area contributed by atoms with Gasteiger partial charge in [-0.25, -0.2) is 8.42 Å². The Balaban J connectivity index is 1.60. The third kappa shape index (κ3) is 6.44. The quantitative estimate of drug-likeness (QED) is 0.461. The number of benzene rings is 2. The summed E-state index contributed by atoms with van der Waals surface area (Å²) in [6.45, 7) is 2.61. The van der Waals surface area contributed by atoms with E-state index in [-0.39, 0.29) is 29.6 Å². The third-order valence-corrected chi connectivity index (χ3v) is 9.62. The second-order valence-electron chi connectivity index (χ2n) is 10.1. The highest BCUT2D eigenvalue weighted by atomic mass is 32.2. The zero-order valence-electron chi connectivity index (χ0n) is 21.8. The number of alkyl halides is 3. The van der Waals surface area contributed by atoms with Gasteiger partial charge in [0.2, 0.25) is 10.0 Å². The van der Waals surface area contributed by atoms with E-state index in [1.807, 2.05) is 48.4 Å². The maximum absolute atomic E-state index is 13.5. The maximum Gasteiger partial charge on any atom is 0.421 e. The lowest BCUT2D eigenvalue weighted by Crippen LogP contribution is -2.58. The van der Waals surface area contributed by atoms with Crippen LogP contribution in [0.25, 0.3) is 0 Å². The molecular formula is C28H32F3N3O3S2. The van der Waals surface area contributed by atoms with Crippen molar-refractivity contribution in [2.75, 3.05) is 38.1 Å². The standard InChI is InChI=1S/C28H32F3N3O3S2/c1-27(35,28(29,30)31)22-12-14-23(15-13-22)34-17-16-33(39(36,37)26-11-7-6-10-25(26)38)20-24(34)19-32(2)18-21-8-4-3-5-9-21/h3-9,11-15,24,35H,10,16-20H2,1-2H3/t24-,27+/m1/s1. The lowest BCUT2D eigenvalue weighted by atomic mass is 9.95. The Bertz CT molecular complexity index is 1340. The zero-order valence-corrected chi connectivity index (χ0v) is 23.4. The van der Waals surface area contributed by atoms with Crippen molar-refractivity contribution in [3.05, 3.63) is 88.9 Å². The second-order valence-corrected chi connectivity index (χ2v) is 12.5. The smallest absolute Gasteiger partial charge is 0.376 e. The molecule has 2 aliphatic rings. The number of piperazine rings is 1. The molecule has 0 unspecified atom stereocenters. The first kappa shape index (κ1) is 29.4. The second kappa shape index (κ2) is 11.5. The lowest BCUT2D eigenvalue weighted by molar-refractivity contribution is -0.258. The van der Waals surface area contributed by atoms with Crippen LogP contribution in [0.4, 0.5) is 18.9 Å². The number of thiocarbonyl (C=S) groups is 1. The summed E-state index contributed by atoms with van der Waals surface area (Å²) in [6.07, 6.45) is 0.635. The molecule has 0 amide bonds. The van der Waals surface area contributed by atoms with E-state index in [0.29, 0.717) is 36.6 Å². The number of sulfonamides is 1. The predicted octanol–water partition coefficient (Wildman–Crippen LogP) is 4.62. The highest BCUT2D eigenvalue weighted by Gasteiger charge is 2.51. The van der Waals surface area contributed by atoms with E-state index in [1.54, 1.807) is 18.2 Å². The van der Waals surface area contributed by atoms with Crippen molar-refractivity contribution in [3.63, 3.8) is 0 Å². The van der Waals surface area contributed by atoms with Gasteiger partial charge in [0.15, 0.2) is 5.60 Å². The van der Waals surface area contributed by atoms with Gasteiger partial charge in [-0.3, -0.25) is 0 Å². The fourth-order valence-corrected chi connectivity index (χ4v) is 6.97. The molecule has 0 saturated carbocycles. The van der Waals surface area contributed by atoms with E-state index in [2.05, 4.69) is 4.90 Å². The summed E-state index contributed by atoms with van der Waals surface area (Å²) in [7, 11) is -1.86. The van der Waals surface area contributed by atoms with Crippen LogP contribution in [0, 0.1) is 0 Å². The van der Waals surface area contributed by atoms with Crippen LogP contribution in [0.3, 0.4) is 0 Å². The molecule has 0 bridgehead atoms. The Morgan fingerprint density at radius 3 is 2.36 bits per heavy atom. The van der Waals surface area contributed by atoms with Crippen molar-refractivity contribution in [3.8, 4) is 0 Å². The minimum atomic E-state index is -4.82. The van der Waals surface area contributed by atoms with Crippen LogP contribution < -0.4 is 4.90 Å². The van der Waals surface area contributed by atoms with Gasteiger partial charge in [-0.1, -0.05) is 66.8 Å². The molecule has 0 spiro atoms. The molecule has 1 aliphatic heterocycles. The molecule has 1 N–H and O–H groups in total. The van der Waals surface area contributed by atoms with E-state index in [9.17, 15) is 26.7 Å². The van der Waals surface area contributed by atoms with Crippen LogP contribution in [0.1, 0.15) is 24.5 Å². The van der Waals surface area contributed by atoms with Gasteiger partial charge in [-0.05, 0) is 43.3 Å². The van der Waals surface area contributed by atoms with Crippen molar-refractivity contribution >= 4 is 32.8 Å². The molecule has 1 fully saturated rings. The summed E-state index contributed by atoms with van der Waals surface area (Å²) < 4.78 is 68.6. The molecule has 1 saturated heterocycles. The van der Waals surface area contributed by atoms with E-state index < -0.39 is 21.8 Å². The van der Waals surface area contributed by atoms with Crippen LogP contribution >= 0.6 is 12.2 Å². The third-order valence-electron chi connectivity index (χ3n) is 7.16. The van der Waals surface area contributed by atoms with Crippen LogP contribution in [0.15, 0.2) is 77.7 Å². The average Bonchev–Trinajstić information content (AvgIpc) is 2.89. The molecule has 39 heavy (non-hydrogen) atoms. The summed E-state index contributed by atoms with van der Waals surface area (Å²) in [5.74, 6) is 0. The zero-order chi connectivity index (χ0) is 28.4. The van der Waals surface area contributed by atoms with Gasteiger partial charge >= 0.3 is 6.18 Å². The number of rotatable bonds is 8. The Labute approximate surface area is 233 Å². The lowest BCUT2D eigenvalue weighted by Gasteiger charge is -2.44. The van der Waals surface area contributed by atoms with Crippen molar-refractivity contribution in [2.24, 2.45) is 0 Å². The number of halogens is 3. The van der Waals surface area contributed by atoms with E-state index in [0.717, 1.165) is 12.5 Å². The van der Waals surface area contributed by atoms with Gasteiger partial charge in [0.25, 0.3) is 0 Å². The van der Waals surface area contributed by atoms with Gasteiger partial charge in [0, 0.05) is 49.7 Å². The summed E-state index contributed by atoms with van der Waals surface area (Å²) >= 11 is 5.34. The fraction of sp³-hybridized carbons (Fsp3) is 0.393. The Kier molecular flexibility index (Phi) is 8.67. The van der Waals surface area contributed by atoms with Gasteiger partial charge in [-0.2, -0.15) is 17.5 Å². The first-order chi connectivity index (χ1) is 18.3. The van der Waals surface area contributed by atoms with Gasteiger partial charge in [0.05, 0.1) is 10.9 Å². The van der Waals surface area contributed by atoms with E-state index in [4.69, 9.17) is 12.2 Å². The molecular weight excluding hydrogens is 547 g/mol. The number of aliphatic hydroxyl groups is 1. The molecule has 2 atom stereocenters. The van der Waals surface area contributed by atoms with Gasteiger partial charge in [-0.15, -0.1) is 0 Å². The van der Waals surface area contributed by atoms with Crippen molar-refractivity contribution in [1.82, 2.24) is 9.21 Å². The monoisotopic (exact) mass is 579 g/mol. The Hall–Kier alpha value is -2.57. The topological polar surface area (TPSA) is 64.1 Å². The van der Waals surface area contributed by atoms with Gasteiger partial charge < -0.3 is 14.9 Å². The van der Waals surface area contributed by atoms with Crippen molar-refractivity contribution < 1.29 is 26.7 Å². The molecule has 1 heterocycles. The number of likely N-dealkylation sites (N-methyl/N-ethyl adjacent to an activating group) is 1. The normalized spacial score (nSPS) is 20.7. The largest absolute Gasteiger partial charge is 0.421 e. The Morgan fingerprint density at radius 1 is 1.08 bits per heavy atom. The molecule has 2 aromatic rings. The SMILES string of the molecule is CN(Cc1ccccc1)C[C@@H]1CN(S(=O)(=O)C2=CC=CCC2=S)CCN1c1ccc([C@](C)(O)C(F)(F)F)cc1. The van der Waals surface area contributed by atoms with E-state index in [1.165, 1.54) is 22.5 Å². The van der Waals surface area contributed by atoms with Crippen LogP contribution in [0.5, 0.6) is 0 Å². The summed E-state index contributed by atoms with van der Waals surface area (Å²) in [6, 6.07) is 15.2. The minimum absolute atomic E-state index is 0.142. The number of nitrogens with zero attached hydrogens (tertiary/aromatic N) is 3. The van der Waals surface area contributed by atoms with E-state index >= 15 is 0 Å². The molecule has 6 nitrogen and oxygen atoms in total. The maximum atomic E-state index is 13.5.